The maximum absolute atomic E-state index is 11.5. The van der Waals surface area contributed by atoms with Crippen LogP contribution in [0.25, 0.3) is 0 Å². The first kappa shape index (κ1) is 24.4. The van der Waals surface area contributed by atoms with Crippen LogP contribution in [0.1, 0.15) is 13.8 Å². The molecule has 10 atom stereocenters. The minimum absolute atomic E-state index is 0.632. The van der Waals surface area contributed by atoms with Crippen LogP contribution >= 0.6 is 0 Å². The number of amides is 2. The molecule has 2 fully saturated rings. The Labute approximate surface area is 170 Å². The Hall–Kier alpha value is -1.91. The lowest BCUT2D eigenvalue weighted by atomic mass is 9.94. The topological polar surface area (TPSA) is 224 Å². The Morgan fingerprint density at radius 1 is 0.900 bits per heavy atom. The van der Waals surface area contributed by atoms with Gasteiger partial charge in [-0.1, -0.05) is 0 Å². The average Bonchev–Trinajstić information content (AvgIpc) is 2.65. The second-order valence-electron chi connectivity index (χ2n) is 7.04. The summed E-state index contributed by atoms with van der Waals surface area (Å²) in [5, 5.41) is 64.1. The van der Waals surface area contributed by atoms with E-state index in [0.29, 0.717) is 0 Å². The van der Waals surface area contributed by atoms with Gasteiger partial charge in [-0.3, -0.25) is 9.59 Å². The minimum atomic E-state index is -1.94. The lowest BCUT2D eigenvalue weighted by Gasteiger charge is -2.47. The van der Waals surface area contributed by atoms with E-state index in [2.05, 4.69) is 10.6 Å². The molecule has 0 saturated carbocycles. The van der Waals surface area contributed by atoms with Crippen molar-refractivity contribution in [3.05, 3.63) is 0 Å². The summed E-state index contributed by atoms with van der Waals surface area (Å²) < 4.78 is 15.8. The molecular weight excluding hydrogens is 412 g/mol. The van der Waals surface area contributed by atoms with Crippen LogP contribution in [0, 0.1) is 0 Å². The molecule has 14 heteroatoms. The number of carboxylic acid groups (broad SMARTS) is 1. The van der Waals surface area contributed by atoms with E-state index < -0.39 is 85.7 Å². The zero-order chi connectivity index (χ0) is 22.7. The van der Waals surface area contributed by atoms with Gasteiger partial charge in [-0.05, 0) is 0 Å². The molecule has 0 aliphatic carbocycles. The Morgan fingerprint density at radius 3 is 1.97 bits per heavy atom. The van der Waals surface area contributed by atoms with Gasteiger partial charge in [0.2, 0.25) is 11.8 Å². The maximum atomic E-state index is 11.5. The fraction of sp³-hybridized carbons (Fsp3) is 0.812. The summed E-state index contributed by atoms with van der Waals surface area (Å²) in [5.41, 5.74) is 0. The number of aliphatic carboxylic acids is 1. The van der Waals surface area contributed by atoms with Crippen LogP contribution in [-0.4, -0.2) is 116 Å². The molecule has 0 bridgehead atoms. The SMILES string of the molecule is CC(=O)N[C@@H]1[C@H](O[C@H]2[C@@H](O)[C@@H](CO)O[C@@H](O)[C@@H]2NC(C)=O)O[C@@H](C(=O)O)[C@@H](O)[C@H]1O. The van der Waals surface area contributed by atoms with E-state index >= 15 is 0 Å². The third-order valence-corrected chi connectivity index (χ3v) is 4.75. The van der Waals surface area contributed by atoms with Crippen molar-refractivity contribution in [2.75, 3.05) is 6.61 Å². The minimum Gasteiger partial charge on any atom is -0.479 e. The average molecular weight is 438 g/mol. The Kier molecular flexibility index (Phi) is 8.06. The first-order chi connectivity index (χ1) is 14.0. The summed E-state index contributed by atoms with van der Waals surface area (Å²) in [6.07, 6.45) is -13.6. The van der Waals surface area contributed by atoms with E-state index in [0.717, 1.165) is 13.8 Å². The highest BCUT2D eigenvalue weighted by atomic mass is 16.7. The van der Waals surface area contributed by atoms with Crippen molar-refractivity contribution in [3.8, 4) is 0 Å². The van der Waals surface area contributed by atoms with Gasteiger partial charge in [0.1, 0.15) is 42.6 Å². The van der Waals surface area contributed by atoms with Crippen LogP contribution in [0.4, 0.5) is 0 Å². The number of carbonyl (C=O) groups excluding carboxylic acids is 2. The molecule has 0 unspecified atom stereocenters. The van der Waals surface area contributed by atoms with Crippen LogP contribution in [0.5, 0.6) is 0 Å². The van der Waals surface area contributed by atoms with Crippen molar-refractivity contribution >= 4 is 17.8 Å². The van der Waals surface area contributed by atoms with Crippen LogP contribution < -0.4 is 10.6 Å². The second kappa shape index (κ2) is 9.93. The van der Waals surface area contributed by atoms with E-state index in [1.54, 1.807) is 0 Å². The Morgan fingerprint density at radius 2 is 1.47 bits per heavy atom. The molecule has 2 saturated heterocycles. The lowest BCUT2D eigenvalue weighted by molar-refractivity contribution is -0.319. The van der Waals surface area contributed by atoms with Gasteiger partial charge < -0.3 is 55.5 Å². The van der Waals surface area contributed by atoms with E-state index in [-0.39, 0.29) is 0 Å². The molecule has 2 heterocycles. The standard InChI is InChI=1S/C16H26N2O12/c1-4(20)17-7-10(23)11(24)13(14(25)26)30-16(7)29-12-8(18-5(2)21)15(27)28-6(3-19)9(12)22/h6-13,15-16,19,22-24,27H,3H2,1-2H3,(H,17,20)(H,18,21)(H,25,26)/t6-,7+,8-,9+,10+,11+,12-,13-,15-,16-/m1/s1. The van der Waals surface area contributed by atoms with Gasteiger partial charge in [0.05, 0.1) is 6.61 Å². The van der Waals surface area contributed by atoms with Crippen molar-refractivity contribution in [1.82, 2.24) is 10.6 Å². The molecule has 2 aliphatic heterocycles. The van der Waals surface area contributed by atoms with Crippen LogP contribution in [0.2, 0.25) is 0 Å². The van der Waals surface area contributed by atoms with Gasteiger partial charge in [0.15, 0.2) is 18.7 Å². The molecule has 0 aromatic carbocycles. The van der Waals surface area contributed by atoms with Gasteiger partial charge in [0, 0.05) is 13.8 Å². The summed E-state index contributed by atoms with van der Waals surface area (Å²) in [6.45, 7) is 1.48. The molecule has 2 aliphatic rings. The maximum Gasteiger partial charge on any atom is 0.335 e. The number of carboxylic acids is 1. The summed E-state index contributed by atoms with van der Waals surface area (Å²) in [5.74, 6) is -2.93. The normalized spacial score (nSPS) is 41.7. The van der Waals surface area contributed by atoms with Gasteiger partial charge in [-0.2, -0.15) is 0 Å². The molecule has 0 aromatic heterocycles. The fourth-order valence-corrected chi connectivity index (χ4v) is 3.36. The summed E-state index contributed by atoms with van der Waals surface area (Å²) >= 11 is 0. The number of hydrogen-bond donors (Lipinski definition) is 8. The number of nitrogens with one attached hydrogen (secondary N) is 2. The molecular formula is C16H26N2O12. The molecule has 0 spiro atoms. The number of ether oxygens (including phenoxy) is 3. The molecule has 172 valence electrons. The number of carbonyl (C=O) groups is 3. The fourth-order valence-electron chi connectivity index (χ4n) is 3.36. The highest BCUT2D eigenvalue weighted by molar-refractivity contribution is 5.75. The number of aliphatic hydroxyl groups is 5. The predicted molar refractivity (Wildman–Crippen MR) is 92.4 cm³/mol. The molecule has 8 N–H and O–H groups in total. The highest BCUT2D eigenvalue weighted by Crippen LogP contribution is 2.29. The van der Waals surface area contributed by atoms with Crippen LogP contribution in [0.3, 0.4) is 0 Å². The van der Waals surface area contributed by atoms with Crippen molar-refractivity contribution in [3.63, 3.8) is 0 Å². The van der Waals surface area contributed by atoms with Crippen molar-refractivity contribution in [2.24, 2.45) is 0 Å². The van der Waals surface area contributed by atoms with E-state index in [9.17, 15) is 45.0 Å². The molecule has 30 heavy (non-hydrogen) atoms. The van der Waals surface area contributed by atoms with E-state index in [1.807, 2.05) is 0 Å². The number of hydrogen-bond acceptors (Lipinski definition) is 11. The molecule has 2 rings (SSSR count). The summed E-state index contributed by atoms with van der Waals surface area (Å²) in [7, 11) is 0. The first-order valence-corrected chi connectivity index (χ1v) is 9.04. The number of rotatable bonds is 6. The van der Waals surface area contributed by atoms with Crippen molar-refractivity contribution in [1.29, 1.82) is 0 Å². The largest absolute Gasteiger partial charge is 0.479 e. The third kappa shape index (κ3) is 5.22. The van der Waals surface area contributed by atoms with Gasteiger partial charge in [-0.25, -0.2) is 4.79 Å². The Bertz CT molecular complexity index is 648. The van der Waals surface area contributed by atoms with Crippen molar-refractivity contribution < 1.29 is 59.2 Å². The Balaban J connectivity index is 2.36. The monoisotopic (exact) mass is 438 g/mol. The quantitative estimate of drug-likeness (QED) is 0.195. The van der Waals surface area contributed by atoms with Crippen LogP contribution in [-0.2, 0) is 28.6 Å². The highest BCUT2D eigenvalue weighted by Gasteiger charge is 2.52. The molecule has 0 aromatic rings. The van der Waals surface area contributed by atoms with Gasteiger partial charge >= 0.3 is 5.97 Å². The lowest BCUT2D eigenvalue weighted by Crippen LogP contribution is -2.69. The van der Waals surface area contributed by atoms with E-state index in [1.165, 1.54) is 0 Å². The van der Waals surface area contributed by atoms with Gasteiger partial charge in [0.25, 0.3) is 0 Å². The van der Waals surface area contributed by atoms with Crippen molar-refractivity contribution in [2.45, 2.75) is 75.1 Å². The first-order valence-electron chi connectivity index (χ1n) is 9.04. The zero-order valence-electron chi connectivity index (χ0n) is 16.1. The predicted octanol–water partition coefficient (Wildman–Crippen LogP) is -5.02. The second-order valence-corrected chi connectivity index (χ2v) is 7.04. The molecule has 14 nitrogen and oxygen atoms in total. The number of aliphatic hydroxyl groups excluding tert-OH is 5. The third-order valence-electron chi connectivity index (χ3n) is 4.75. The van der Waals surface area contributed by atoms with Crippen LogP contribution in [0.15, 0.2) is 0 Å². The van der Waals surface area contributed by atoms with Gasteiger partial charge in [-0.15, -0.1) is 0 Å². The van der Waals surface area contributed by atoms with E-state index in [4.69, 9.17) is 14.2 Å². The molecule has 2 amide bonds. The summed E-state index contributed by atoms with van der Waals surface area (Å²) in [4.78, 5) is 34.4. The zero-order valence-corrected chi connectivity index (χ0v) is 16.1. The summed E-state index contributed by atoms with van der Waals surface area (Å²) in [6, 6.07) is -2.85. The smallest absolute Gasteiger partial charge is 0.335 e. The molecule has 0 radical (unpaired) electrons.